The molecule has 0 bridgehead atoms. The molecule has 4 rings (SSSR count). The highest BCUT2D eigenvalue weighted by molar-refractivity contribution is 5.78. The SMILES string of the molecule is O=C(CCn1c(=O)c(N2CCCCC2)nc2ccccc21)NCCC(O)c1ccccc1. The van der Waals surface area contributed by atoms with Crippen molar-refractivity contribution in [1.82, 2.24) is 14.9 Å². The summed E-state index contributed by atoms with van der Waals surface area (Å²) in [5, 5.41) is 13.1. The molecule has 2 N–H and O–H groups in total. The van der Waals surface area contributed by atoms with Gasteiger partial charge < -0.3 is 19.9 Å². The first kappa shape index (κ1) is 22.0. The van der Waals surface area contributed by atoms with Crippen molar-refractivity contribution in [2.75, 3.05) is 24.5 Å². The van der Waals surface area contributed by atoms with Crippen LogP contribution in [0.2, 0.25) is 0 Å². The Morgan fingerprint density at radius 3 is 2.53 bits per heavy atom. The number of hydrogen-bond donors (Lipinski definition) is 2. The third-order valence-electron chi connectivity index (χ3n) is 5.98. The summed E-state index contributed by atoms with van der Waals surface area (Å²) in [6.45, 7) is 2.34. The Balaban J connectivity index is 1.41. The second-order valence-electron chi connectivity index (χ2n) is 8.24. The highest BCUT2D eigenvalue weighted by atomic mass is 16.3. The number of para-hydroxylation sites is 2. The van der Waals surface area contributed by atoms with Gasteiger partial charge in [-0.05, 0) is 43.4 Å². The third-order valence-corrected chi connectivity index (χ3v) is 5.98. The number of benzene rings is 2. The van der Waals surface area contributed by atoms with Gasteiger partial charge in [-0.2, -0.15) is 0 Å². The first-order valence-corrected chi connectivity index (χ1v) is 11.4. The Morgan fingerprint density at radius 2 is 1.75 bits per heavy atom. The van der Waals surface area contributed by atoms with Crippen molar-refractivity contribution in [2.24, 2.45) is 0 Å². The van der Waals surface area contributed by atoms with Crippen molar-refractivity contribution < 1.29 is 9.90 Å². The number of hydrogen-bond acceptors (Lipinski definition) is 5. The zero-order valence-electron chi connectivity index (χ0n) is 18.2. The molecule has 1 aliphatic rings. The lowest BCUT2D eigenvalue weighted by atomic mass is 10.1. The van der Waals surface area contributed by atoms with Crippen LogP contribution in [0.1, 0.15) is 43.8 Å². The number of aliphatic hydroxyl groups is 1. The second kappa shape index (κ2) is 10.4. The van der Waals surface area contributed by atoms with Crippen LogP contribution >= 0.6 is 0 Å². The molecule has 7 heteroatoms. The number of rotatable bonds is 8. The predicted octanol–water partition coefficient (Wildman–Crippen LogP) is 3.02. The topological polar surface area (TPSA) is 87.5 Å². The molecule has 1 atom stereocenters. The predicted molar refractivity (Wildman–Crippen MR) is 126 cm³/mol. The summed E-state index contributed by atoms with van der Waals surface area (Å²) in [7, 11) is 0. The average molecular weight is 435 g/mol. The minimum atomic E-state index is -0.615. The van der Waals surface area contributed by atoms with E-state index in [1.807, 2.05) is 54.6 Å². The fourth-order valence-electron chi connectivity index (χ4n) is 4.20. The molecule has 1 fully saturated rings. The van der Waals surface area contributed by atoms with Crippen LogP contribution in [0.25, 0.3) is 11.0 Å². The Bertz CT molecular complexity index is 1110. The molecule has 2 heterocycles. The van der Waals surface area contributed by atoms with Gasteiger partial charge in [0.15, 0.2) is 5.82 Å². The normalized spacial score (nSPS) is 15.0. The van der Waals surface area contributed by atoms with Gasteiger partial charge >= 0.3 is 0 Å². The highest BCUT2D eigenvalue weighted by Crippen LogP contribution is 2.19. The molecule has 0 aliphatic carbocycles. The van der Waals surface area contributed by atoms with Gasteiger partial charge in [-0.25, -0.2) is 4.98 Å². The molecule has 1 unspecified atom stereocenters. The number of aromatic nitrogens is 2. The Morgan fingerprint density at radius 1 is 1.03 bits per heavy atom. The number of carbonyl (C=O) groups excluding carboxylic acids is 1. The molecule has 1 saturated heterocycles. The van der Waals surface area contributed by atoms with Crippen molar-refractivity contribution in [3.05, 3.63) is 70.5 Å². The van der Waals surface area contributed by atoms with Crippen molar-refractivity contribution in [3.8, 4) is 0 Å². The number of aliphatic hydroxyl groups excluding tert-OH is 1. The molecular weight excluding hydrogens is 404 g/mol. The molecular formula is C25H30N4O3. The van der Waals surface area contributed by atoms with Crippen LogP contribution in [-0.2, 0) is 11.3 Å². The number of anilines is 1. The van der Waals surface area contributed by atoms with E-state index in [1.54, 1.807) is 4.57 Å². The minimum absolute atomic E-state index is 0.141. The maximum Gasteiger partial charge on any atom is 0.294 e. The zero-order chi connectivity index (χ0) is 22.3. The number of nitrogens with one attached hydrogen (secondary N) is 1. The third kappa shape index (κ3) is 5.16. The lowest BCUT2D eigenvalue weighted by Gasteiger charge is -2.27. The molecule has 0 spiro atoms. The zero-order valence-corrected chi connectivity index (χ0v) is 18.2. The number of fused-ring (bicyclic) bond motifs is 1. The fraction of sp³-hybridized carbons (Fsp3) is 0.400. The lowest BCUT2D eigenvalue weighted by Crippen LogP contribution is -2.37. The quantitative estimate of drug-likeness (QED) is 0.569. The number of nitrogens with zero attached hydrogens (tertiary/aromatic N) is 3. The molecule has 0 radical (unpaired) electrons. The van der Waals surface area contributed by atoms with E-state index < -0.39 is 6.10 Å². The fourth-order valence-corrected chi connectivity index (χ4v) is 4.20. The number of aryl methyl sites for hydroxylation is 1. The molecule has 0 saturated carbocycles. The maximum atomic E-state index is 13.2. The van der Waals surface area contributed by atoms with Crippen LogP contribution in [0.5, 0.6) is 0 Å². The largest absolute Gasteiger partial charge is 0.388 e. The van der Waals surface area contributed by atoms with Crippen LogP contribution in [0.4, 0.5) is 5.82 Å². The maximum absolute atomic E-state index is 13.2. The second-order valence-corrected chi connectivity index (χ2v) is 8.24. The van der Waals surface area contributed by atoms with Crippen LogP contribution in [0.3, 0.4) is 0 Å². The standard InChI is InChI=1S/C25H30N4O3/c30-22(19-9-3-1-4-10-19)13-15-26-23(31)14-18-29-21-12-6-5-11-20(21)27-24(25(29)32)28-16-7-2-8-17-28/h1,3-6,9-12,22,30H,2,7-8,13-18H2,(H,26,31). The first-order valence-electron chi connectivity index (χ1n) is 11.4. The van der Waals surface area contributed by atoms with Crippen molar-refractivity contribution in [3.63, 3.8) is 0 Å². The first-order chi connectivity index (χ1) is 15.6. The van der Waals surface area contributed by atoms with E-state index >= 15 is 0 Å². The van der Waals surface area contributed by atoms with Crippen LogP contribution < -0.4 is 15.8 Å². The van der Waals surface area contributed by atoms with E-state index in [2.05, 4.69) is 15.2 Å². The minimum Gasteiger partial charge on any atom is -0.388 e. The molecule has 1 aromatic heterocycles. The van der Waals surface area contributed by atoms with Gasteiger partial charge in [0.25, 0.3) is 5.56 Å². The van der Waals surface area contributed by atoms with Crippen molar-refractivity contribution in [2.45, 2.75) is 44.8 Å². The summed E-state index contributed by atoms with van der Waals surface area (Å²) in [5.41, 5.74) is 2.20. The molecule has 168 valence electrons. The van der Waals surface area contributed by atoms with Crippen molar-refractivity contribution >= 4 is 22.8 Å². The molecule has 1 aliphatic heterocycles. The Hall–Kier alpha value is -3.19. The molecule has 2 aromatic carbocycles. The average Bonchev–Trinajstić information content (AvgIpc) is 2.84. The van der Waals surface area contributed by atoms with Gasteiger partial charge in [0.2, 0.25) is 5.91 Å². The smallest absolute Gasteiger partial charge is 0.294 e. The van der Waals surface area contributed by atoms with E-state index in [0.717, 1.165) is 42.5 Å². The van der Waals surface area contributed by atoms with Crippen LogP contribution in [-0.4, -0.2) is 40.2 Å². The van der Waals surface area contributed by atoms with Gasteiger partial charge in [-0.3, -0.25) is 9.59 Å². The number of carbonyl (C=O) groups is 1. The van der Waals surface area contributed by atoms with Crippen molar-refractivity contribution in [1.29, 1.82) is 0 Å². The summed E-state index contributed by atoms with van der Waals surface area (Å²) in [6.07, 6.45) is 3.31. The van der Waals surface area contributed by atoms with E-state index in [0.29, 0.717) is 18.8 Å². The highest BCUT2D eigenvalue weighted by Gasteiger charge is 2.19. The van der Waals surface area contributed by atoms with E-state index in [4.69, 9.17) is 0 Å². The van der Waals surface area contributed by atoms with Gasteiger partial charge in [0.05, 0.1) is 17.1 Å². The van der Waals surface area contributed by atoms with Gasteiger partial charge in [-0.15, -0.1) is 0 Å². The number of piperidine rings is 1. The van der Waals surface area contributed by atoms with Gasteiger partial charge in [-0.1, -0.05) is 42.5 Å². The molecule has 1 amide bonds. The van der Waals surface area contributed by atoms with E-state index in [-0.39, 0.29) is 24.4 Å². The lowest BCUT2D eigenvalue weighted by molar-refractivity contribution is -0.121. The summed E-state index contributed by atoms with van der Waals surface area (Å²) < 4.78 is 1.67. The summed E-state index contributed by atoms with van der Waals surface area (Å²) in [5.74, 6) is 0.340. The molecule has 3 aromatic rings. The van der Waals surface area contributed by atoms with E-state index in [9.17, 15) is 14.7 Å². The molecule has 7 nitrogen and oxygen atoms in total. The van der Waals surface area contributed by atoms with Gasteiger partial charge in [0.1, 0.15) is 0 Å². The summed E-state index contributed by atoms with van der Waals surface area (Å²) in [6, 6.07) is 17.0. The Kier molecular flexibility index (Phi) is 7.17. The monoisotopic (exact) mass is 434 g/mol. The summed E-state index contributed by atoms with van der Waals surface area (Å²) in [4.78, 5) is 32.4. The van der Waals surface area contributed by atoms with Gasteiger partial charge in [0, 0.05) is 32.6 Å². The van der Waals surface area contributed by atoms with Crippen LogP contribution in [0.15, 0.2) is 59.4 Å². The molecule has 32 heavy (non-hydrogen) atoms. The van der Waals surface area contributed by atoms with Crippen LogP contribution in [0, 0.1) is 0 Å². The Labute approximate surface area is 187 Å². The summed E-state index contributed by atoms with van der Waals surface area (Å²) >= 11 is 0. The number of amides is 1. The van der Waals surface area contributed by atoms with E-state index in [1.165, 1.54) is 6.42 Å².